The Bertz CT molecular complexity index is 793. The molecule has 6 nitrogen and oxygen atoms in total. The lowest BCUT2D eigenvalue weighted by Crippen LogP contribution is -2.49. The van der Waals surface area contributed by atoms with Gasteiger partial charge in [0.15, 0.2) is 5.58 Å². The molecule has 2 fully saturated rings. The number of halogens is 1. The van der Waals surface area contributed by atoms with Crippen LogP contribution in [0, 0.1) is 0 Å². The van der Waals surface area contributed by atoms with Crippen LogP contribution < -0.4 is 0 Å². The summed E-state index contributed by atoms with van der Waals surface area (Å²) in [6.45, 7) is 6.00. The standard InChI is InChI=1S/C20H26ClN3O3/c1-2-26-20(25)24-11-7-16(8-12-24)23-9-5-14(6-10-23)19-17-4-3-15(21)13-18(17)27-22-19/h3-4,13-14,16H,2,5-12H2,1H3. The maximum Gasteiger partial charge on any atom is 0.409 e. The van der Waals surface area contributed by atoms with Crippen molar-refractivity contribution in [2.24, 2.45) is 0 Å². The van der Waals surface area contributed by atoms with E-state index in [2.05, 4.69) is 10.1 Å². The van der Waals surface area contributed by atoms with Gasteiger partial charge in [0.25, 0.3) is 0 Å². The van der Waals surface area contributed by atoms with Gasteiger partial charge in [-0.1, -0.05) is 16.8 Å². The minimum atomic E-state index is -0.173. The highest BCUT2D eigenvalue weighted by atomic mass is 35.5. The summed E-state index contributed by atoms with van der Waals surface area (Å²) >= 11 is 6.04. The lowest BCUT2D eigenvalue weighted by Gasteiger charge is -2.41. The summed E-state index contributed by atoms with van der Waals surface area (Å²) in [7, 11) is 0. The maximum atomic E-state index is 11.8. The van der Waals surface area contributed by atoms with E-state index in [1.54, 1.807) is 0 Å². The zero-order chi connectivity index (χ0) is 18.8. The third-order valence-corrected chi connectivity index (χ3v) is 6.12. The average Bonchev–Trinajstić information content (AvgIpc) is 3.11. The van der Waals surface area contributed by atoms with Crippen LogP contribution in [0.2, 0.25) is 5.02 Å². The van der Waals surface area contributed by atoms with Gasteiger partial charge >= 0.3 is 6.09 Å². The molecular formula is C20H26ClN3O3. The second-order valence-corrected chi connectivity index (χ2v) is 7.87. The Kier molecular flexibility index (Phi) is 5.55. The molecule has 0 atom stereocenters. The van der Waals surface area contributed by atoms with Gasteiger partial charge in [-0.15, -0.1) is 0 Å². The number of fused-ring (bicyclic) bond motifs is 1. The molecule has 0 radical (unpaired) electrons. The van der Waals surface area contributed by atoms with Crippen LogP contribution in [0.3, 0.4) is 0 Å². The first-order valence-electron chi connectivity index (χ1n) is 9.86. The predicted octanol–water partition coefficient (Wildman–Crippen LogP) is 4.28. The van der Waals surface area contributed by atoms with Crippen LogP contribution in [0.15, 0.2) is 22.7 Å². The van der Waals surface area contributed by atoms with Gasteiger partial charge in [-0.25, -0.2) is 4.79 Å². The van der Waals surface area contributed by atoms with Crippen LogP contribution in [-0.2, 0) is 4.74 Å². The minimum Gasteiger partial charge on any atom is -0.450 e. The molecule has 7 heteroatoms. The molecule has 0 bridgehead atoms. The Balaban J connectivity index is 1.32. The average molecular weight is 392 g/mol. The minimum absolute atomic E-state index is 0.173. The summed E-state index contributed by atoms with van der Waals surface area (Å²) in [6, 6.07) is 6.31. The number of carbonyl (C=O) groups excluding carboxylic acids is 1. The third-order valence-electron chi connectivity index (χ3n) is 5.89. The summed E-state index contributed by atoms with van der Waals surface area (Å²) in [4.78, 5) is 16.3. The monoisotopic (exact) mass is 391 g/mol. The molecule has 0 spiro atoms. The van der Waals surface area contributed by atoms with Crippen molar-refractivity contribution in [1.29, 1.82) is 0 Å². The van der Waals surface area contributed by atoms with Gasteiger partial charge in [0.05, 0.1) is 12.3 Å². The van der Waals surface area contributed by atoms with E-state index in [4.69, 9.17) is 20.9 Å². The molecule has 4 rings (SSSR count). The lowest BCUT2D eigenvalue weighted by atomic mass is 9.90. The summed E-state index contributed by atoms with van der Waals surface area (Å²) in [5.74, 6) is 0.434. The van der Waals surface area contributed by atoms with Crippen molar-refractivity contribution in [3.63, 3.8) is 0 Å². The van der Waals surface area contributed by atoms with Crippen molar-refractivity contribution < 1.29 is 14.1 Å². The Morgan fingerprint density at radius 3 is 2.67 bits per heavy atom. The van der Waals surface area contributed by atoms with Crippen LogP contribution in [0.1, 0.15) is 44.2 Å². The van der Waals surface area contributed by atoms with Gasteiger partial charge in [-0.05, 0) is 57.8 Å². The van der Waals surface area contributed by atoms with E-state index in [-0.39, 0.29) is 6.09 Å². The van der Waals surface area contributed by atoms with Gasteiger partial charge in [0.1, 0.15) is 0 Å². The molecule has 0 N–H and O–H groups in total. The quantitative estimate of drug-likeness (QED) is 0.781. The molecule has 2 aromatic rings. The fourth-order valence-electron chi connectivity index (χ4n) is 4.39. The Hall–Kier alpha value is -1.79. The normalized spacial score (nSPS) is 20.3. The van der Waals surface area contributed by atoms with E-state index >= 15 is 0 Å². The molecular weight excluding hydrogens is 366 g/mol. The SMILES string of the molecule is CCOC(=O)N1CCC(N2CCC(c3noc4cc(Cl)ccc34)CC2)CC1. The van der Waals surface area contributed by atoms with Gasteiger partial charge in [0.2, 0.25) is 0 Å². The van der Waals surface area contributed by atoms with E-state index in [1.165, 1.54) is 0 Å². The number of aromatic nitrogens is 1. The van der Waals surface area contributed by atoms with Crippen LogP contribution in [-0.4, -0.2) is 59.9 Å². The molecule has 1 amide bonds. The number of piperidine rings is 2. The van der Waals surface area contributed by atoms with E-state index in [0.29, 0.717) is 23.6 Å². The largest absolute Gasteiger partial charge is 0.450 e. The first-order valence-corrected chi connectivity index (χ1v) is 10.2. The summed E-state index contributed by atoms with van der Waals surface area (Å²) in [5, 5.41) is 6.09. The predicted molar refractivity (Wildman–Crippen MR) is 104 cm³/mol. The van der Waals surface area contributed by atoms with Crippen LogP contribution in [0.4, 0.5) is 4.79 Å². The lowest BCUT2D eigenvalue weighted by molar-refractivity contribution is 0.0660. The van der Waals surface area contributed by atoms with E-state index in [0.717, 1.165) is 68.5 Å². The van der Waals surface area contributed by atoms with E-state index in [1.807, 2.05) is 30.0 Å². The fourth-order valence-corrected chi connectivity index (χ4v) is 4.55. The highest BCUT2D eigenvalue weighted by Crippen LogP contribution is 2.34. The molecule has 3 heterocycles. The molecule has 1 aromatic heterocycles. The van der Waals surface area contributed by atoms with Crippen molar-refractivity contribution in [1.82, 2.24) is 15.0 Å². The molecule has 2 aliphatic heterocycles. The van der Waals surface area contributed by atoms with Crippen LogP contribution in [0.5, 0.6) is 0 Å². The molecule has 0 unspecified atom stereocenters. The second kappa shape index (κ2) is 8.07. The van der Waals surface area contributed by atoms with Crippen molar-refractivity contribution in [3.05, 3.63) is 28.9 Å². The van der Waals surface area contributed by atoms with Crippen molar-refractivity contribution >= 4 is 28.7 Å². The number of hydrogen-bond acceptors (Lipinski definition) is 5. The molecule has 2 saturated heterocycles. The number of hydrogen-bond donors (Lipinski definition) is 0. The van der Waals surface area contributed by atoms with Gasteiger partial charge in [-0.2, -0.15) is 0 Å². The van der Waals surface area contributed by atoms with E-state index in [9.17, 15) is 4.79 Å². The molecule has 2 aliphatic rings. The number of amides is 1. The highest BCUT2D eigenvalue weighted by Gasteiger charge is 2.31. The Morgan fingerprint density at radius 2 is 1.96 bits per heavy atom. The fraction of sp³-hybridized carbons (Fsp3) is 0.600. The molecule has 27 heavy (non-hydrogen) atoms. The molecule has 146 valence electrons. The number of nitrogens with zero attached hydrogens (tertiary/aromatic N) is 3. The van der Waals surface area contributed by atoms with Gasteiger partial charge < -0.3 is 19.1 Å². The first-order chi connectivity index (χ1) is 13.2. The highest BCUT2D eigenvalue weighted by molar-refractivity contribution is 6.31. The Morgan fingerprint density at radius 1 is 1.22 bits per heavy atom. The maximum absolute atomic E-state index is 11.8. The van der Waals surface area contributed by atoms with Crippen LogP contribution >= 0.6 is 11.6 Å². The number of benzene rings is 1. The Labute approximate surface area is 164 Å². The zero-order valence-corrected chi connectivity index (χ0v) is 16.5. The van der Waals surface area contributed by atoms with Crippen molar-refractivity contribution in [2.75, 3.05) is 32.8 Å². The molecule has 1 aromatic carbocycles. The van der Waals surface area contributed by atoms with Crippen molar-refractivity contribution in [2.45, 2.75) is 44.6 Å². The van der Waals surface area contributed by atoms with Crippen molar-refractivity contribution in [3.8, 4) is 0 Å². The number of carbonyl (C=O) groups is 1. The molecule has 0 saturated carbocycles. The second-order valence-electron chi connectivity index (χ2n) is 7.44. The number of ether oxygens (including phenoxy) is 1. The first kappa shape index (κ1) is 18.6. The zero-order valence-electron chi connectivity index (χ0n) is 15.7. The topological polar surface area (TPSA) is 58.8 Å². The summed E-state index contributed by atoms with van der Waals surface area (Å²) in [6.07, 6.45) is 4.04. The van der Waals surface area contributed by atoms with E-state index < -0.39 is 0 Å². The summed E-state index contributed by atoms with van der Waals surface area (Å²) < 4.78 is 10.6. The number of likely N-dealkylation sites (tertiary alicyclic amines) is 2. The van der Waals surface area contributed by atoms with Crippen LogP contribution in [0.25, 0.3) is 11.0 Å². The van der Waals surface area contributed by atoms with Gasteiger partial charge in [-0.3, -0.25) is 0 Å². The third kappa shape index (κ3) is 3.92. The number of rotatable bonds is 3. The summed E-state index contributed by atoms with van der Waals surface area (Å²) in [5.41, 5.74) is 1.84. The van der Waals surface area contributed by atoms with Gasteiger partial charge in [0, 0.05) is 41.5 Å². The smallest absolute Gasteiger partial charge is 0.409 e. The molecule has 0 aliphatic carbocycles.